The van der Waals surface area contributed by atoms with Gasteiger partial charge in [0.2, 0.25) is 6.79 Å². The van der Waals surface area contributed by atoms with E-state index in [0.717, 1.165) is 6.42 Å². The lowest BCUT2D eigenvalue weighted by molar-refractivity contribution is -0.139. The Kier molecular flexibility index (Phi) is 7.08. The first-order valence-electron chi connectivity index (χ1n) is 11.9. The summed E-state index contributed by atoms with van der Waals surface area (Å²) in [5.41, 5.74) is 1.93. The number of carbonyl (C=O) groups is 1. The molecule has 1 aromatic heterocycles. The Balaban J connectivity index is 1.77. The second-order valence-electron chi connectivity index (χ2n) is 8.38. The van der Waals surface area contributed by atoms with E-state index in [0.29, 0.717) is 60.4 Å². The van der Waals surface area contributed by atoms with E-state index in [1.54, 1.807) is 42.9 Å². The summed E-state index contributed by atoms with van der Waals surface area (Å²) in [5.74, 6) is 1.17. The van der Waals surface area contributed by atoms with Crippen molar-refractivity contribution >= 4 is 35.0 Å². The lowest BCUT2D eigenvalue weighted by Gasteiger charge is -2.26. The molecule has 37 heavy (non-hydrogen) atoms. The highest BCUT2D eigenvalue weighted by Gasteiger charge is 2.35. The van der Waals surface area contributed by atoms with Crippen LogP contribution in [-0.2, 0) is 9.53 Å². The number of hydrogen-bond acceptors (Lipinski definition) is 8. The molecule has 0 spiro atoms. The van der Waals surface area contributed by atoms with E-state index in [4.69, 9.17) is 35.5 Å². The largest absolute Gasteiger partial charge is 0.496 e. The van der Waals surface area contributed by atoms with Crippen LogP contribution in [-0.4, -0.2) is 31.0 Å². The second-order valence-corrected chi connectivity index (χ2v) is 9.80. The average Bonchev–Trinajstić information content (AvgIpc) is 3.47. The first kappa shape index (κ1) is 25.1. The molecular weight excluding hydrogens is 516 g/mol. The summed E-state index contributed by atoms with van der Waals surface area (Å²) >= 11 is 7.72. The number of aromatic nitrogens is 1. The average molecular weight is 541 g/mol. The van der Waals surface area contributed by atoms with E-state index in [-0.39, 0.29) is 19.0 Å². The molecule has 0 unspecified atom stereocenters. The summed E-state index contributed by atoms with van der Waals surface area (Å²) in [6, 6.07) is 10.00. The van der Waals surface area contributed by atoms with Crippen molar-refractivity contribution in [2.24, 2.45) is 4.99 Å². The number of para-hydroxylation sites is 1. The maximum absolute atomic E-state index is 13.9. The summed E-state index contributed by atoms with van der Waals surface area (Å²) in [6.07, 6.45) is 3.03. The minimum atomic E-state index is -0.762. The minimum absolute atomic E-state index is 0.118. The number of benzene rings is 2. The maximum atomic E-state index is 13.9. The summed E-state index contributed by atoms with van der Waals surface area (Å²) in [7, 11) is 1.56. The van der Waals surface area contributed by atoms with Crippen LogP contribution in [0.5, 0.6) is 17.2 Å². The molecule has 192 valence electrons. The molecule has 2 aliphatic heterocycles. The number of halogens is 1. The lowest BCUT2D eigenvalue weighted by atomic mass is 9.93. The van der Waals surface area contributed by atoms with Crippen LogP contribution < -0.4 is 29.1 Å². The molecule has 3 aromatic rings. The van der Waals surface area contributed by atoms with Crippen LogP contribution in [0.2, 0.25) is 5.02 Å². The zero-order valence-corrected chi connectivity index (χ0v) is 22.1. The van der Waals surface area contributed by atoms with Crippen molar-refractivity contribution < 1.29 is 23.7 Å². The smallest absolute Gasteiger partial charge is 0.338 e. The number of ether oxygens (including phenoxy) is 4. The number of hydrogen-bond donors (Lipinski definition) is 0. The van der Waals surface area contributed by atoms with Crippen molar-refractivity contribution in [2.45, 2.75) is 32.7 Å². The van der Waals surface area contributed by atoms with Gasteiger partial charge in [0.25, 0.3) is 5.56 Å². The third-order valence-electron chi connectivity index (χ3n) is 6.10. The highest BCUT2D eigenvalue weighted by atomic mass is 35.5. The van der Waals surface area contributed by atoms with Crippen LogP contribution in [0.15, 0.2) is 57.5 Å². The van der Waals surface area contributed by atoms with E-state index < -0.39 is 12.0 Å². The summed E-state index contributed by atoms with van der Waals surface area (Å²) in [4.78, 5) is 32.5. The third-order valence-corrected chi connectivity index (χ3v) is 7.41. The zero-order valence-electron chi connectivity index (χ0n) is 20.6. The first-order chi connectivity index (χ1) is 18.0. The normalized spacial score (nSPS) is 16.4. The maximum Gasteiger partial charge on any atom is 0.338 e. The topological polar surface area (TPSA) is 88.4 Å². The summed E-state index contributed by atoms with van der Waals surface area (Å²) in [6.45, 7) is 4.08. The van der Waals surface area contributed by atoms with Crippen LogP contribution in [0, 0.1) is 0 Å². The van der Waals surface area contributed by atoms with Gasteiger partial charge in [-0.3, -0.25) is 9.36 Å². The number of fused-ring (bicyclic) bond motifs is 2. The van der Waals surface area contributed by atoms with Gasteiger partial charge in [-0.2, -0.15) is 0 Å². The van der Waals surface area contributed by atoms with Crippen molar-refractivity contribution in [2.75, 3.05) is 20.5 Å². The molecule has 0 amide bonds. The number of esters is 1. The highest BCUT2D eigenvalue weighted by Crippen LogP contribution is 2.38. The second kappa shape index (κ2) is 10.4. The van der Waals surface area contributed by atoms with Gasteiger partial charge in [-0.1, -0.05) is 54.5 Å². The molecule has 0 saturated heterocycles. The fraction of sp³-hybridized carbons (Fsp3) is 0.296. The van der Waals surface area contributed by atoms with Crippen LogP contribution in [0.3, 0.4) is 0 Å². The van der Waals surface area contributed by atoms with Crippen molar-refractivity contribution in [3.63, 3.8) is 0 Å². The van der Waals surface area contributed by atoms with E-state index in [2.05, 4.69) is 0 Å². The van der Waals surface area contributed by atoms with E-state index in [9.17, 15) is 9.59 Å². The summed E-state index contributed by atoms with van der Waals surface area (Å²) in [5, 5.41) is 0.426. The van der Waals surface area contributed by atoms with Crippen molar-refractivity contribution in [1.29, 1.82) is 0 Å². The third kappa shape index (κ3) is 4.53. The molecule has 2 aromatic carbocycles. The molecule has 3 heterocycles. The van der Waals surface area contributed by atoms with Crippen LogP contribution in [0.25, 0.3) is 6.08 Å². The van der Waals surface area contributed by atoms with Gasteiger partial charge in [0.05, 0.1) is 34.5 Å². The molecular formula is C27H25ClN2O6S. The lowest BCUT2D eigenvalue weighted by Crippen LogP contribution is -2.40. The molecule has 1 atom stereocenters. The molecule has 10 heteroatoms. The van der Waals surface area contributed by atoms with Gasteiger partial charge < -0.3 is 18.9 Å². The Hall–Kier alpha value is -3.56. The fourth-order valence-corrected chi connectivity index (χ4v) is 5.71. The predicted molar refractivity (Wildman–Crippen MR) is 140 cm³/mol. The Morgan fingerprint density at radius 2 is 2.00 bits per heavy atom. The van der Waals surface area contributed by atoms with Crippen molar-refractivity contribution in [1.82, 2.24) is 4.57 Å². The number of nitrogens with zero attached hydrogens (tertiary/aromatic N) is 2. The van der Waals surface area contributed by atoms with Gasteiger partial charge >= 0.3 is 5.97 Å². The minimum Gasteiger partial charge on any atom is -0.496 e. The van der Waals surface area contributed by atoms with Crippen LogP contribution in [0.1, 0.15) is 43.9 Å². The monoisotopic (exact) mass is 540 g/mol. The number of allylic oxidation sites excluding steroid dienone is 1. The molecule has 5 rings (SSSR count). The molecule has 0 saturated carbocycles. The van der Waals surface area contributed by atoms with Gasteiger partial charge in [-0.25, -0.2) is 9.79 Å². The van der Waals surface area contributed by atoms with Crippen LogP contribution >= 0.6 is 22.9 Å². The van der Waals surface area contributed by atoms with Gasteiger partial charge in [0.15, 0.2) is 16.3 Å². The molecule has 0 aliphatic carbocycles. The quantitative estimate of drug-likeness (QED) is 0.421. The Morgan fingerprint density at radius 3 is 2.73 bits per heavy atom. The Morgan fingerprint density at radius 1 is 1.24 bits per heavy atom. The van der Waals surface area contributed by atoms with Gasteiger partial charge in [0, 0.05) is 11.6 Å². The molecule has 0 bridgehead atoms. The van der Waals surface area contributed by atoms with Gasteiger partial charge in [-0.15, -0.1) is 0 Å². The zero-order chi connectivity index (χ0) is 26.1. The predicted octanol–water partition coefficient (Wildman–Crippen LogP) is 3.97. The number of carbonyl (C=O) groups excluding carboxylic acids is 1. The number of methoxy groups -OCH3 is 1. The SMILES string of the molecule is CCCC1=C(C(=O)OCC)[C@@H](c2ccccc2OC)n2c(s/c(=C\c3cc4c(cc3Cl)OCO4)c2=O)=N1. The van der Waals surface area contributed by atoms with E-state index in [1.807, 2.05) is 25.1 Å². The fourth-order valence-electron chi connectivity index (χ4n) is 4.49. The van der Waals surface area contributed by atoms with Crippen molar-refractivity contribution in [3.8, 4) is 17.2 Å². The Labute approximate surface area is 222 Å². The Bertz CT molecular complexity index is 1590. The van der Waals surface area contributed by atoms with E-state index in [1.165, 1.54) is 11.3 Å². The van der Waals surface area contributed by atoms with Gasteiger partial charge in [0.1, 0.15) is 11.8 Å². The first-order valence-corrected chi connectivity index (χ1v) is 13.1. The standard InChI is InChI=1S/C27H25ClN2O6S/c1-4-8-18-23(26(32)34-5-2)24(16-9-6-7-10-19(16)33-3)30-25(31)22(37-27(30)29-18)12-15-11-20-21(13-17(15)28)36-14-35-20/h6-7,9-13,24H,4-5,8,14H2,1-3H3/b22-12-/t24-/m1/s1. The number of rotatable bonds is 7. The molecule has 0 N–H and O–H groups in total. The van der Waals surface area contributed by atoms with Gasteiger partial charge in [-0.05, 0) is 37.1 Å². The molecule has 2 aliphatic rings. The molecule has 0 fully saturated rings. The van der Waals surface area contributed by atoms with Crippen molar-refractivity contribution in [3.05, 3.63) is 83.5 Å². The summed E-state index contributed by atoms with van der Waals surface area (Å²) < 4.78 is 23.9. The van der Waals surface area contributed by atoms with Crippen LogP contribution in [0.4, 0.5) is 0 Å². The molecule has 0 radical (unpaired) electrons. The molecule has 8 nitrogen and oxygen atoms in total. The number of thiazole rings is 1. The van der Waals surface area contributed by atoms with E-state index >= 15 is 0 Å². The highest BCUT2D eigenvalue weighted by molar-refractivity contribution is 7.07.